The number of nitrogens with zero attached hydrogens (tertiary/aromatic N) is 6. The Balaban J connectivity index is 0.000000247. The van der Waals surface area contributed by atoms with Crippen molar-refractivity contribution in [3.8, 4) is 0 Å². The number of imide groups is 1. The van der Waals surface area contributed by atoms with Crippen LogP contribution in [-0.4, -0.2) is 276 Å². The van der Waals surface area contributed by atoms with Crippen LogP contribution in [0.3, 0.4) is 0 Å². The number of hydrogen-bond acceptors (Lipinski definition) is 28. The summed E-state index contributed by atoms with van der Waals surface area (Å²) in [6, 6.07) is 51.6. The number of carbonyl (C=O) groups is 10. The fraction of sp³-hybridized carbons (Fsp3) is 0.573. The molecule has 10 unspecified atom stereocenters. The zero-order valence-corrected chi connectivity index (χ0v) is 82.2. The Labute approximate surface area is 835 Å². The first-order chi connectivity index (χ1) is 61.4. The number of carboxylic acids is 3. The number of aliphatic carboxylic acids is 3. The molecular formula is C96H133KLiN11O24. The van der Waals surface area contributed by atoms with E-state index in [4.69, 9.17) is 60.2 Å². The molecule has 11 fully saturated rings. The molecule has 0 aromatic heterocycles. The van der Waals surface area contributed by atoms with Gasteiger partial charge in [-0.2, -0.15) is 0 Å². The summed E-state index contributed by atoms with van der Waals surface area (Å²) in [5.41, 5.74) is 4.95. The van der Waals surface area contributed by atoms with Crippen LogP contribution in [0, 0.1) is 11.8 Å². The zero-order chi connectivity index (χ0) is 94.6. The van der Waals surface area contributed by atoms with Crippen molar-refractivity contribution in [2.75, 3.05) is 66.1 Å². The summed E-state index contributed by atoms with van der Waals surface area (Å²) in [5, 5.41) is 46.0. The normalized spacial score (nSPS) is 27.4. The van der Waals surface area contributed by atoms with Gasteiger partial charge in [0.05, 0.1) is 66.1 Å². The van der Waals surface area contributed by atoms with E-state index in [-0.39, 0.29) is 175 Å². The van der Waals surface area contributed by atoms with Gasteiger partial charge < -0.3 is 102 Å². The Hall–Kier alpha value is -8.36. The summed E-state index contributed by atoms with van der Waals surface area (Å²) >= 11 is 0. The molecule has 718 valence electrons. The number of urea groups is 1. The first kappa shape index (κ1) is 112. The topological polar surface area (TPSA) is 468 Å². The van der Waals surface area contributed by atoms with Crippen molar-refractivity contribution in [3.63, 3.8) is 0 Å². The smallest absolute Gasteiger partial charge is 0.870 e. The number of amides is 5. The summed E-state index contributed by atoms with van der Waals surface area (Å²) in [4.78, 5) is 129. The second-order valence-electron chi connectivity index (χ2n) is 39.1. The maximum absolute atomic E-state index is 12.3. The number of carbonyl (C=O) groups excluding carboxylic acids is 7. The van der Waals surface area contributed by atoms with Gasteiger partial charge in [0.1, 0.15) is 50.3 Å². The minimum absolute atomic E-state index is 0. The predicted molar refractivity (Wildman–Crippen MR) is 479 cm³/mol. The van der Waals surface area contributed by atoms with E-state index in [2.05, 4.69) is 123 Å². The van der Waals surface area contributed by atoms with Crippen LogP contribution in [-0.2, 0) is 104 Å². The van der Waals surface area contributed by atoms with E-state index in [1.165, 1.54) is 27.8 Å². The van der Waals surface area contributed by atoms with E-state index < -0.39 is 87.0 Å². The molecule has 133 heavy (non-hydrogen) atoms. The van der Waals surface area contributed by atoms with Crippen molar-refractivity contribution >= 4 is 60.1 Å². The Morgan fingerprint density at radius 3 is 0.865 bits per heavy atom. The average Bonchev–Trinajstić information content (AvgIpc) is 1.59. The van der Waals surface area contributed by atoms with Crippen molar-refractivity contribution in [1.29, 1.82) is 5.26 Å². The molecule has 1 spiro atoms. The molecule has 11 aliphatic heterocycles. The van der Waals surface area contributed by atoms with Crippen molar-refractivity contribution < 1.29 is 188 Å². The molecular weight excluding hydrogens is 1740 g/mol. The Morgan fingerprint density at radius 1 is 0.406 bits per heavy atom. The van der Waals surface area contributed by atoms with Crippen LogP contribution >= 0.6 is 0 Å². The van der Waals surface area contributed by atoms with E-state index in [1.54, 1.807) is 83.1 Å². The molecule has 5 amide bonds. The summed E-state index contributed by atoms with van der Waals surface area (Å²) in [6.45, 7) is 35.0. The second kappa shape index (κ2) is 49.6. The molecule has 0 aliphatic carbocycles. The fourth-order valence-electron chi connectivity index (χ4n) is 18.6. The molecule has 37 heteroatoms. The summed E-state index contributed by atoms with van der Waals surface area (Å²) in [7, 11) is 0. The number of nitrogens with one attached hydrogen (secondary N) is 4. The predicted octanol–water partition coefficient (Wildman–Crippen LogP) is 4.92. The molecule has 10 atom stereocenters. The van der Waals surface area contributed by atoms with Crippen LogP contribution in [0.5, 0.6) is 0 Å². The van der Waals surface area contributed by atoms with Gasteiger partial charge in [0.25, 0.3) is 5.91 Å². The minimum atomic E-state index is -1.34. The van der Waals surface area contributed by atoms with E-state index in [0.717, 1.165) is 32.7 Å². The molecule has 0 saturated carbocycles. The van der Waals surface area contributed by atoms with E-state index in [0.29, 0.717) is 110 Å². The van der Waals surface area contributed by atoms with Crippen LogP contribution in [0.15, 0.2) is 152 Å². The molecule has 11 aliphatic rings. The number of ether oxygens (including phenoxy) is 10. The molecule has 5 aromatic carbocycles. The number of nitrogens with two attached hydrogens (primary N) is 1. The number of alkyl carbamates (subject to hydrolysis) is 2. The maximum Gasteiger partial charge on any atom is 1.00 e. The number of rotatable bonds is 15. The maximum atomic E-state index is 12.3. The van der Waals surface area contributed by atoms with Gasteiger partial charge in [0, 0.05) is 107 Å². The van der Waals surface area contributed by atoms with Gasteiger partial charge in [0.2, 0.25) is 0 Å². The number of ketones is 1. The third-order valence-electron chi connectivity index (χ3n) is 24.1. The molecule has 16 rings (SSSR count). The Morgan fingerprint density at radius 2 is 0.639 bits per heavy atom. The van der Waals surface area contributed by atoms with Crippen LogP contribution in [0.1, 0.15) is 177 Å². The van der Waals surface area contributed by atoms with Crippen LogP contribution in [0.25, 0.3) is 0 Å². The Kier molecular flexibility index (Phi) is 41.6. The molecule has 35 nitrogen and oxygen atoms in total. The van der Waals surface area contributed by atoms with Crippen LogP contribution in [0.2, 0.25) is 0 Å². The molecule has 11 heterocycles. The third-order valence-corrected chi connectivity index (χ3v) is 24.1. The fourth-order valence-corrected chi connectivity index (χ4v) is 18.6. The molecule has 0 radical (unpaired) electrons. The van der Waals surface area contributed by atoms with Crippen molar-refractivity contribution in [2.24, 2.45) is 5.73 Å². The molecule has 11 saturated heterocycles. The molecule has 5 aromatic rings. The van der Waals surface area contributed by atoms with E-state index in [9.17, 15) is 63.3 Å². The van der Waals surface area contributed by atoms with Crippen molar-refractivity contribution in [3.05, 3.63) is 186 Å². The number of Topliss-reactive ketones (excluding diaryl/α,β-unsaturated/α-hetero) is 1. The molecule has 10 N–H and O–H groups in total. The number of piperidine rings is 5. The van der Waals surface area contributed by atoms with Crippen LogP contribution < -0.4 is 97.2 Å². The SMILES string of the molecule is CC(C)(C)OC(=O)NC1(C(=O)O)CC2COCC(C1)N2Cc1ccccc1.CC(C)(C)OC(=O)NC1(C(=O)O)CC2COCC(C1)N2Cc1ccccc1.CC(C)(C)OC(=O)OC(=O)OC(C)(C)C.NC1(C(=O)O)CC2COCC(C1)N2Cc1ccccc1.O=C1CC2COCC(C1)N2Cc1ccccc1.O=C1NC(=O)C2(CC3COCC(C2)N3Cc2ccccc2)N1.[C-]#N.[HH].[K+].[Li+].[OH-]. The first-order valence-electron chi connectivity index (χ1n) is 44.3. The van der Waals surface area contributed by atoms with Gasteiger partial charge in [0.15, 0.2) is 0 Å². The van der Waals surface area contributed by atoms with Gasteiger partial charge in [-0.15, -0.1) is 0 Å². The van der Waals surface area contributed by atoms with Gasteiger partial charge in [-0.1, -0.05) is 152 Å². The summed E-state index contributed by atoms with van der Waals surface area (Å²) in [6.07, 6.45) is 1.05. The van der Waals surface area contributed by atoms with Crippen molar-refractivity contribution in [1.82, 2.24) is 45.8 Å². The summed E-state index contributed by atoms with van der Waals surface area (Å²) < 4.78 is 52.6. The second-order valence-corrected chi connectivity index (χ2v) is 39.1. The number of morpholine rings is 5. The monoisotopic (exact) mass is 1870 g/mol. The number of fused-ring (bicyclic) bond motifs is 10. The summed E-state index contributed by atoms with van der Waals surface area (Å²) in [5.74, 6) is -2.73. The first-order valence-corrected chi connectivity index (χ1v) is 44.3. The Bertz CT molecular complexity index is 4440. The van der Waals surface area contributed by atoms with Crippen molar-refractivity contribution in [2.45, 2.75) is 285 Å². The standard InChI is InChI=1S/2C20H28N2O5.C16H19N3O3.C15H20N2O3.C14H17NO2.C10H18O5.CN.K.Li.H2O.H2/c2*1-19(2,3)27-18(25)21-20(17(23)24)9-15-12-26-13-16(10-20)22(15)11-14-7-5-4-6-8-14;20-14-16(18-15(21)17-14)6-12-9-22-10-13(7-16)19(12)8-11-4-2-1-3-5-11;16-15(14(18)19)6-12-9-20-10-13(7-15)17(12)8-11-4-2-1-3-5-11;16-14-6-12-9-17-10-13(7-14)15(12)8-11-4-2-1-3-5-11;1-9(2,3)14-7(11)13-8(12)15-10(4,5)6;1-2;;;;/h2*4-8,15-16H,9-13H2,1-3H3,(H,21,25)(H,23,24);1-5,12-13H,6-10H2,(H2,17,18,20,21);1-5,12-13H,6-10,16H2,(H,18,19);1-5,12-13H,6-10H2;1-6H3;;;;1H2;1H/q;;;;;;-1;2*+1;;/p-1. The van der Waals surface area contributed by atoms with Gasteiger partial charge >= 0.3 is 119 Å². The largest absolute Gasteiger partial charge is 1.00 e. The average molecular weight is 1870 g/mol. The number of benzene rings is 5. The third kappa shape index (κ3) is 32.7. The van der Waals surface area contributed by atoms with E-state index in [1.807, 2.05) is 78.9 Å². The van der Waals surface area contributed by atoms with Crippen LogP contribution in [0.4, 0.5) is 24.0 Å². The number of carboxylic acid groups (broad SMARTS) is 3. The van der Waals surface area contributed by atoms with Gasteiger partial charge in [-0.25, -0.2) is 33.6 Å². The van der Waals surface area contributed by atoms with E-state index >= 15 is 0 Å². The van der Waals surface area contributed by atoms with Gasteiger partial charge in [-0.05, 0) is 162 Å². The quantitative estimate of drug-likeness (QED) is 0.0172. The number of hydrogen-bond donors (Lipinski definition) is 8. The molecule has 10 bridgehead atoms. The zero-order valence-electron chi connectivity index (χ0n) is 79.1. The van der Waals surface area contributed by atoms with Gasteiger partial charge in [-0.3, -0.25) is 44.2 Å². The minimum Gasteiger partial charge on any atom is -0.870 e.